The van der Waals surface area contributed by atoms with Crippen molar-refractivity contribution in [2.24, 2.45) is 0 Å². The van der Waals surface area contributed by atoms with E-state index in [-0.39, 0.29) is 5.78 Å². The molecule has 0 bridgehead atoms. The molecule has 0 amide bonds. The average Bonchev–Trinajstić information content (AvgIpc) is 2.28. The molecule has 4 heteroatoms. The third kappa shape index (κ3) is 3.51. The number of thioether (sulfide) groups is 1. The molecule has 0 spiro atoms. The molecular formula is C11H12BrClOS. The van der Waals surface area contributed by atoms with Crippen molar-refractivity contribution >= 4 is 45.1 Å². The molecule has 15 heavy (non-hydrogen) atoms. The van der Waals surface area contributed by atoms with Gasteiger partial charge in [0.15, 0.2) is 5.78 Å². The fourth-order valence-electron chi connectivity index (χ4n) is 1.26. The van der Waals surface area contributed by atoms with Gasteiger partial charge in [-0.3, -0.25) is 4.79 Å². The quantitative estimate of drug-likeness (QED) is 0.462. The molecule has 1 aromatic rings. The van der Waals surface area contributed by atoms with Crippen molar-refractivity contribution in [3.8, 4) is 0 Å². The van der Waals surface area contributed by atoms with Gasteiger partial charge in [0.25, 0.3) is 0 Å². The predicted molar refractivity (Wildman–Crippen MR) is 70.5 cm³/mol. The van der Waals surface area contributed by atoms with Gasteiger partial charge in [-0.1, -0.05) is 28.1 Å². The maximum absolute atomic E-state index is 11.6. The Morgan fingerprint density at radius 3 is 2.80 bits per heavy atom. The molecular weight excluding hydrogens is 296 g/mol. The molecule has 1 aromatic carbocycles. The number of benzene rings is 1. The Bertz CT molecular complexity index is 354. The van der Waals surface area contributed by atoms with Gasteiger partial charge in [-0.15, -0.1) is 23.4 Å². The van der Waals surface area contributed by atoms with Crippen LogP contribution >= 0.6 is 39.3 Å². The smallest absolute Gasteiger partial charge is 0.163 e. The Labute approximate surface area is 108 Å². The molecule has 0 N–H and O–H groups in total. The highest BCUT2D eigenvalue weighted by atomic mass is 79.9. The second-order valence-electron chi connectivity index (χ2n) is 3.02. The zero-order valence-corrected chi connectivity index (χ0v) is 11.6. The van der Waals surface area contributed by atoms with Crippen LogP contribution in [0, 0.1) is 0 Å². The summed E-state index contributed by atoms with van der Waals surface area (Å²) >= 11 is 10.7. The van der Waals surface area contributed by atoms with Gasteiger partial charge in [0.1, 0.15) is 0 Å². The highest BCUT2D eigenvalue weighted by Gasteiger charge is 2.08. The topological polar surface area (TPSA) is 17.1 Å². The summed E-state index contributed by atoms with van der Waals surface area (Å²) < 4.78 is 0. The van der Waals surface area contributed by atoms with Crippen LogP contribution in [0.25, 0.3) is 0 Å². The van der Waals surface area contributed by atoms with Gasteiger partial charge in [0.2, 0.25) is 0 Å². The van der Waals surface area contributed by atoms with Crippen LogP contribution < -0.4 is 0 Å². The number of halogens is 2. The van der Waals surface area contributed by atoms with Crippen molar-refractivity contribution in [3.05, 3.63) is 29.3 Å². The molecule has 0 aliphatic carbocycles. The Balaban J connectivity index is 2.97. The number of ketones is 1. The number of carbonyl (C=O) groups is 1. The molecule has 0 aromatic heterocycles. The van der Waals surface area contributed by atoms with Gasteiger partial charge in [-0.05, 0) is 17.9 Å². The van der Waals surface area contributed by atoms with Gasteiger partial charge in [-0.2, -0.15) is 0 Å². The van der Waals surface area contributed by atoms with E-state index in [0.717, 1.165) is 16.0 Å². The van der Waals surface area contributed by atoms with Crippen LogP contribution in [0.4, 0.5) is 0 Å². The lowest BCUT2D eigenvalue weighted by Crippen LogP contribution is -2.00. The Hall–Kier alpha value is 0.01000. The summed E-state index contributed by atoms with van der Waals surface area (Å²) in [5.74, 6) is 0.659. The minimum atomic E-state index is 0.170. The Kier molecular flexibility index (Phi) is 5.72. The third-order valence-electron chi connectivity index (χ3n) is 2.07. The monoisotopic (exact) mass is 306 g/mol. The van der Waals surface area contributed by atoms with Crippen molar-refractivity contribution in [3.63, 3.8) is 0 Å². The molecule has 0 heterocycles. The van der Waals surface area contributed by atoms with Crippen LogP contribution in [0.5, 0.6) is 0 Å². The van der Waals surface area contributed by atoms with Gasteiger partial charge < -0.3 is 0 Å². The molecule has 1 nitrogen and oxygen atoms in total. The normalized spacial score (nSPS) is 10.3. The first kappa shape index (κ1) is 13.1. The summed E-state index contributed by atoms with van der Waals surface area (Å²) in [6, 6.07) is 5.70. The van der Waals surface area contributed by atoms with Crippen LogP contribution in [0.15, 0.2) is 23.1 Å². The Morgan fingerprint density at radius 2 is 2.27 bits per heavy atom. The summed E-state index contributed by atoms with van der Waals surface area (Å²) in [5, 5.41) is 0.706. The van der Waals surface area contributed by atoms with E-state index in [4.69, 9.17) is 11.6 Å². The summed E-state index contributed by atoms with van der Waals surface area (Å²) in [6.07, 6.45) is 2.53. The van der Waals surface area contributed by atoms with Gasteiger partial charge in [-0.25, -0.2) is 0 Å². The summed E-state index contributed by atoms with van der Waals surface area (Å²) in [5.41, 5.74) is 1.85. The first-order valence-electron chi connectivity index (χ1n) is 4.55. The van der Waals surface area contributed by atoms with Crippen molar-refractivity contribution in [1.82, 2.24) is 0 Å². The van der Waals surface area contributed by atoms with E-state index in [1.54, 1.807) is 11.8 Å². The zero-order chi connectivity index (χ0) is 11.3. The molecule has 1 rings (SSSR count). The highest BCUT2D eigenvalue weighted by molar-refractivity contribution is 9.09. The van der Waals surface area contributed by atoms with E-state index in [1.165, 1.54) is 0 Å². The second kappa shape index (κ2) is 6.56. The van der Waals surface area contributed by atoms with Crippen LogP contribution in [-0.4, -0.2) is 17.4 Å². The number of rotatable bonds is 5. The summed E-state index contributed by atoms with van der Waals surface area (Å²) in [6.45, 7) is 0. The number of hydrogen-bond donors (Lipinski definition) is 0. The maximum Gasteiger partial charge on any atom is 0.163 e. The number of Topliss-reactive ketones (excluding diaryl/α,β-unsaturated/α-hetero) is 1. The lowest BCUT2D eigenvalue weighted by Gasteiger charge is -2.06. The maximum atomic E-state index is 11.6. The lowest BCUT2D eigenvalue weighted by molar-refractivity contribution is 0.0989. The first-order valence-corrected chi connectivity index (χ1v) is 7.43. The third-order valence-corrected chi connectivity index (χ3v) is 3.58. The van der Waals surface area contributed by atoms with E-state index < -0.39 is 0 Å². The SMILES string of the molecule is CSc1cc(C(=O)CCBr)ccc1CCl. The zero-order valence-electron chi connectivity index (χ0n) is 8.43. The fraction of sp³-hybridized carbons (Fsp3) is 0.364. The highest BCUT2D eigenvalue weighted by Crippen LogP contribution is 2.24. The number of alkyl halides is 2. The molecule has 0 aliphatic rings. The van der Waals surface area contributed by atoms with Gasteiger partial charge >= 0.3 is 0 Å². The van der Waals surface area contributed by atoms with E-state index >= 15 is 0 Å². The van der Waals surface area contributed by atoms with Crippen molar-refractivity contribution in [2.75, 3.05) is 11.6 Å². The first-order chi connectivity index (χ1) is 7.22. The lowest BCUT2D eigenvalue weighted by atomic mass is 10.1. The standard InChI is InChI=1S/C11H12BrClOS/c1-15-11-6-8(10(14)4-5-12)2-3-9(11)7-13/h2-3,6H,4-5,7H2,1H3. The van der Waals surface area contributed by atoms with Crippen LogP contribution in [0.1, 0.15) is 22.3 Å². The summed E-state index contributed by atoms with van der Waals surface area (Å²) in [4.78, 5) is 12.7. The summed E-state index contributed by atoms with van der Waals surface area (Å²) in [7, 11) is 0. The molecule has 0 saturated carbocycles. The second-order valence-corrected chi connectivity index (χ2v) is 4.93. The van der Waals surface area contributed by atoms with Crippen molar-refractivity contribution < 1.29 is 4.79 Å². The predicted octanol–water partition coefficient (Wildman–Crippen LogP) is 4.12. The van der Waals surface area contributed by atoms with Crippen LogP contribution in [0.2, 0.25) is 0 Å². The van der Waals surface area contributed by atoms with E-state index in [9.17, 15) is 4.79 Å². The van der Waals surface area contributed by atoms with E-state index in [2.05, 4.69) is 15.9 Å². The molecule has 0 unspecified atom stereocenters. The van der Waals surface area contributed by atoms with Crippen molar-refractivity contribution in [2.45, 2.75) is 17.2 Å². The van der Waals surface area contributed by atoms with Crippen LogP contribution in [0.3, 0.4) is 0 Å². The molecule has 0 aliphatic heterocycles. The van der Waals surface area contributed by atoms with E-state index in [1.807, 2.05) is 24.5 Å². The van der Waals surface area contributed by atoms with Gasteiger partial charge in [0.05, 0.1) is 0 Å². The Morgan fingerprint density at radius 1 is 1.53 bits per heavy atom. The van der Waals surface area contributed by atoms with Crippen LogP contribution in [-0.2, 0) is 5.88 Å². The molecule has 82 valence electrons. The molecule has 0 radical (unpaired) electrons. The molecule has 0 fully saturated rings. The average molecular weight is 308 g/mol. The number of hydrogen-bond acceptors (Lipinski definition) is 2. The minimum absolute atomic E-state index is 0.170. The van der Waals surface area contributed by atoms with E-state index in [0.29, 0.717) is 17.6 Å². The minimum Gasteiger partial charge on any atom is -0.294 e. The van der Waals surface area contributed by atoms with Crippen molar-refractivity contribution in [1.29, 1.82) is 0 Å². The number of carbonyl (C=O) groups excluding carboxylic acids is 1. The molecule has 0 saturated heterocycles. The largest absolute Gasteiger partial charge is 0.294 e. The van der Waals surface area contributed by atoms with Gasteiger partial charge in [0, 0.05) is 28.1 Å². The molecule has 0 atom stereocenters. The fourth-order valence-corrected chi connectivity index (χ4v) is 2.58.